The van der Waals surface area contributed by atoms with Crippen LogP contribution in [0.4, 0.5) is 5.69 Å². The standard InChI is InChI=1S/C13H19NO3S/c15-10-9-14(13-7-2-1-3-8-13)18(16,17)11-12-5-4-6-12/h1-3,7-8,12,15H,4-6,9-11H2. The number of anilines is 1. The van der Waals surface area contributed by atoms with Gasteiger partial charge in [-0.25, -0.2) is 8.42 Å². The van der Waals surface area contributed by atoms with Gasteiger partial charge in [-0.3, -0.25) is 4.31 Å². The molecular weight excluding hydrogens is 250 g/mol. The van der Waals surface area contributed by atoms with Crippen molar-refractivity contribution in [3.8, 4) is 0 Å². The molecule has 0 saturated heterocycles. The topological polar surface area (TPSA) is 57.6 Å². The first kappa shape index (κ1) is 13.4. The summed E-state index contributed by atoms with van der Waals surface area (Å²) in [6.07, 6.45) is 3.13. The van der Waals surface area contributed by atoms with Crippen LogP contribution >= 0.6 is 0 Å². The van der Waals surface area contributed by atoms with Gasteiger partial charge in [0.25, 0.3) is 0 Å². The number of sulfonamides is 1. The van der Waals surface area contributed by atoms with E-state index in [0.717, 1.165) is 19.3 Å². The van der Waals surface area contributed by atoms with Crippen LogP contribution in [0.3, 0.4) is 0 Å². The van der Waals surface area contributed by atoms with Crippen LogP contribution < -0.4 is 4.31 Å². The Balaban J connectivity index is 2.18. The fraction of sp³-hybridized carbons (Fsp3) is 0.538. The number of benzene rings is 1. The molecule has 0 heterocycles. The number of hydrogen-bond acceptors (Lipinski definition) is 3. The second kappa shape index (κ2) is 5.71. The molecule has 0 atom stereocenters. The van der Waals surface area contributed by atoms with Crippen molar-refractivity contribution in [3.05, 3.63) is 30.3 Å². The van der Waals surface area contributed by atoms with E-state index in [0.29, 0.717) is 11.6 Å². The Hall–Kier alpha value is -1.07. The average molecular weight is 269 g/mol. The van der Waals surface area contributed by atoms with Gasteiger partial charge in [0, 0.05) is 0 Å². The Kier molecular flexibility index (Phi) is 4.24. The van der Waals surface area contributed by atoms with Crippen LogP contribution in [0.25, 0.3) is 0 Å². The lowest BCUT2D eigenvalue weighted by atomic mass is 9.87. The molecule has 1 fully saturated rings. The predicted octanol–water partition coefficient (Wildman–Crippen LogP) is 1.62. The Bertz CT molecular complexity index is 468. The number of nitrogens with zero attached hydrogens (tertiary/aromatic N) is 1. The zero-order valence-corrected chi connectivity index (χ0v) is 11.1. The SMILES string of the molecule is O=S(=O)(CC1CCC1)N(CCO)c1ccccc1. The van der Waals surface area contributed by atoms with E-state index in [-0.39, 0.29) is 18.9 Å². The van der Waals surface area contributed by atoms with Gasteiger partial charge in [0.2, 0.25) is 10.0 Å². The van der Waals surface area contributed by atoms with Crippen molar-refractivity contribution in [3.63, 3.8) is 0 Å². The van der Waals surface area contributed by atoms with E-state index in [9.17, 15) is 8.42 Å². The summed E-state index contributed by atoms with van der Waals surface area (Å²) < 4.78 is 26.0. The molecule has 1 aliphatic carbocycles. The molecule has 0 spiro atoms. The lowest BCUT2D eigenvalue weighted by Gasteiger charge is -2.30. The third-order valence-corrected chi connectivity index (χ3v) is 5.31. The Labute approximate surface area is 108 Å². The van der Waals surface area contributed by atoms with Crippen LogP contribution in [-0.4, -0.2) is 32.4 Å². The van der Waals surface area contributed by atoms with Crippen LogP contribution in [0.1, 0.15) is 19.3 Å². The van der Waals surface area contributed by atoms with Crippen molar-refractivity contribution in [1.29, 1.82) is 0 Å². The molecule has 0 bridgehead atoms. The molecule has 2 rings (SSSR count). The highest BCUT2D eigenvalue weighted by Crippen LogP contribution is 2.29. The van der Waals surface area contributed by atoms with Gasteiger partial charge in [0.05, 0.1) is 24.6 Å². The largest absolute Gasteiger partial charge is 0.394 e. The fourth-order valence-corrected chi connectivity index (χ4v) is 4.07. The average Bonchev–Trinajstić information content (AvgIpc) is 2.32. The highest BCUT2D eigenvalue weighted by Gasteiger charge is 2.29. The minimum absolute atomic E-state index is 0.124. The maximum Gasteiger partial charge on any atom is 0.235 e. The van der Waals surface area contributed by atoms with Gasteiger partial charge in [0.1, 0.15) is 0 Å². The molecule has 0 aromatic heterocycles. The van der Waals surface area contributed by atoms with Gasteiger partial charge in [-0.2, -0.15) is 0 Å². The van der Waals surface area contributed by atoms with Crippen molar-refractivity contribution < 1.29 is 13.5 Å². The van der Waals surface area contributed by atoms with Crippen molar-refractivity contribution in [1.82, 2.24) is 0 Å². The quantitative estimate of drug-likeness (QED) is 0.853. The summed E-state index contributed by atoms with van der Waals surface area (Å²) in [4.78, 5) is 0. The number of para-hydroxylation sites is 1. The summed E-state index contributed by atoms with van der Waals surface area (Å²) in [5, 5.41) is 9.06. The summed E-state index contributed by atoms with van der Waals surface area (Å²) in [6, 6.07) is 8.97. The van der Waals surface area contributed by atoms with E-state index >= 15 is 0 Å². The van der Waals surface area contributed by atoms with Crippen molar-refractivity contribution in [2.24, 2.45) is 5.92 Å². The van der Waals surface area contributed by atoms with Crippen LogP contribution in [0, 0.1) is 5.92 Å². The molecule has 4 nitrogen and oxygen atoms in total. The first-order valence-corrected chi connectivity index (χ1v) is 7.91. The van der Waals surface area contributed by atoms with Gasteiger partial charge >= 0.3 is 0 Å². The predicted molar refractivity (Wildman–Crippen MR) is 72.0 cm³/mol. The summed E-state index contributed by atoms with van der Waals surface area (Å²) in [5.41, 5.74) is 0.630. The van der Waals surface area contributed by atoms with E-state index in [1.807, 2.05) is 6.07 Å². The maximum absolute atomic E-state index is 12.3. The minimum Gasteiger partial charge on any atom is -0.394 e. The van der Waals surface area contributed by atoms with Gasteiger partial charge in [-0.1, -0.05) is 24.6 Å². The van der Waals surface area contributed by atoms with Crippen LogP contribution in [0.5, 0.6) is 0 Å². The van der Waals surface area contributed by atoms with E-state index in [1.54, 1.807) is 24.3 Å². The molecule has 1 aromatic carbocycles. The summed E-state index contributed by atoms with van der Waals surface area (Å²) in [7, 11) is -3.32. The lowest BCUT2D eigenvalue weighted by molar-refractivity contribution is 0.306. The van der Waals surface area contributed by atoms with E-state index < -0.39 is 10.0 Å². The first-order valence-electron chi connectivity index (χ1n) is 6.30. The maximum atomic E-state index is 12.3. The second-order valence-electron chi connectivity index (χ2n) is 4.71. The third-order valence-electron chi connectivity index (χ3n) is 3.35. The van der Waals surface area contributed by atoms with Crippen LogP contribution in [-0.2, 0) is 10.0 Å². The number of aliphatic hydroxyl groups is 1. The number of hydrogen-bond donors (Lipinski definition) is 1. The molecule has 1 aromatic rings. The third kappa shape index (κ3) is 3.03. The second-order valence-corrected chi connectivity index (χ2v) is 6.64. The van der Waals surface area contributed by atoms with Gasteiger partial charge in [-0.05, 0) is 30.9 Å². The zero-order chi connectivity index (χ0) is 13.0. The molecular formula is C13H19NO3S. The monoisotopic (exact) mass is 269 g/mol. The van der Waals surface area contributed by atoms with Gasteiger partial charge in [0.15, 0.2) is 0 Å². The number of rotatable bonds is 6. The molecule has 0 aliphatic heterocycles. The van der Waals surface area contributed by atoms with E-state index in [1.165, 1.54) is 4.31 Å². The summed E-state index contributed by atoms with van der Waals surface area (Å²) in [5.74, 6) is 0.488. The summed E-state index contributed by atoms with van der Waals surface area (Å²) >= 11 is 0. The minimum atomic E-state index is -3.32. The lowest BCUT2D eigenvalue weighted by Crippen LogP contribution is -2.38. The van der Waals surface area contributed by atoms with Crippen LogP contribution in [0.2, 0.25) is 0 Å². The highest BCUT2D eigenvalue weighted by molar-refractivity contribution is 7.92. The molecule has 0 unspecified atom stereocenters. The summed E-state index contributed by atoms with van der Waals surface area (Å²) in [6.45, 7) is -0.0438. The molecule has 0 amide bonds. The zero-order valence-electron chi connectivity index (χ0n) is 10.3. The van der Waals surface area contributed by atoms with Gasteiger partial charge < -0.3 is 5.11 Å². The Morgan fingerprint density at radius 3 is 2.39 bits per heavy atom. The molecule has 18 heavy (non-hydrogen) atoms. The van der Waals surface area contributed by atoms with E-state index in [2.05, 4.69) is 0 Å². The molecule has 1 saturated carbocycles. The number of aliphatic hydroxyl groups excluding tert-OH is 1. The molecule has 100 valence electrons. The Morgan fingerprint density at radius 2 is 1.89 bits per heavy atom. The Morgan fingerprint density at radius 1 is 1.22 bits per heavy atom. The highest BCUT2D eigenvalue weighted by atomic mass is 32.2. The van der Waals surface area contributed by atoms with E-state index in [4.69, 9.17) is 5.11 Å². The fourth-order valence-electron chi connectivity index (χ4n) is 2.16. The first-order chi connectivity index (χ1) is 8.63. The van der Waals surface area contributed by atoms with Crippen molar-refractivity contribution >= 4 is 15.7 Å². The molecule has 1 N–H and O–H groups in total. The molecule has 0 radical (unpaired) electrons. The molecule has 1 aliphatic rings. The van der Waals surface area contributed by atoms with Crippen LogP contribution in [0.15, 0.2) is 30.3 Å². The van der Waals surface area contributed by atoms with Crippen molar-refractivity contribution in [2.75, 3.05) is 23.2 Å². The normalized spacial score (nSPS) is 16.3. The van der Waals surface area contributed by atoms with Crippen molar-refractivity contribution in [2.45, 2.75) is 19.3 Å². The van der Waals surface area contributed by atoms with Gasteiger partial charge in [-0.15, -0.1) is 0 Å². The smallest absolute Gasteiger partial charge is 0.235 e. The molecule has 5 heteroatoms.